The normalized spacial score (nSPS) is 10.7. The van der Waals surface area contributed by atoms with E-state index in [-0.39, 0.29) is 11.8 Å². The van der Waals surface area contributed by atoms with Crippen LogP contribution in [0, 0.1) is 0 Å². The number of fused-ring (bicyclic) bond motifs is 1. The van der Waals surface area contributed by atoms with Gasteiger partial charge in [-0.05, 0) is 25.8 Å². The maximum Gasteiger partial charge on any atom is 0.305 e. The highest BCUT2D eigenvalue weighted by atomic mass is 16.5. The summed E-state index contributed by atoms with van der Waals surface area (Å²) in [6.07, 6.45) is 4.82. The summed E-state index contributed by atoms with van der Waals surface area (Å²) < 4.78 is 10.2. The molecule has 0 unspecified atom stereocenters. The first-order chi connectivity index (χ1) is 10.2. The van der Waals surface area contributed by atoms with E-state index in [0.29, 0.717) is 25.0 Å². The molecule has 0 amide bonds. The number of esters is 1. The molecule has 4 nitrogen and oxygen atoms in total. The number of hydrogen-bond donors (Lipinski definition) is 0. The molecule has 2 aromatic rings. The fourth-order valence-corrected chi connectivity index (χ4v) is 2.29. The first-order valence-corrected chi connectivity index (χ1v) is 7.37. The Kier molecular flexibility index (Phi) is 5.55. The summed E-state index contributed by atoms with van der Waals surface area (Å²) in [6.45, 7) is 2.22. The minimum Gasteiger partial charge on any atom is -0.466 e. The van der Waals surface area contributed by atoms with Gasteiger partial charge in [-0.1, -0.05) is 24.6 Å². The third-order valence-corrected chi connectivity index (χ3v) is 3.37. The summed E-state index contributed by atoms with van der Waals surface area (Å²) in [5.74, 6) is -0.0688. The molecule has 1 heterocycles. The van der Waals surface area contributed by atoms with Gasteiger partial charge >= 0.3 is 5.97 Å². The van der Waals surface area contributed by atoms with Crippen LogP contribution in [-0.4, -0.2) is 18.4 Å². The zero-order valence-electron chi connectivity index (χ0n) is 12.3. The average Bonchev–Trinajstić information content (AvgIpc) is 2.91. The van der Waals surface area contributed by atoms with Crippen LogP contribution in [0.2, 0.25) is 0 Å². The largest absolute Gasteiger partial charge is 0.466 e. The molecule has 2 rings (SSSR count). The van der Waals surface area contributed by atoms with Crippen LogP contribution >= 0.6 is 0 Å². The number of ketones is 1. The molecule has 4 heteroatoms. The Morgan fingerprint density at radius 3 is 2.67 bits per heavy atom. The van der Waals surface area contributed by atoms with E-state index in [1.54, 1.807) is 6.92 Å². The third kappa shape index (κ3) is 4.18. The Morgan fingerprint density at radius 2 is 1.86 bits per heavy atom. The van der Waals surface area contributed by atoms with E-state index in [1.807, 2.05) is 24.3 Å². The molecular weight excluding hydrogens is 268 g/mol. The van der Waals surface area contributed by atoms with Crippen molar-refractivity contribution in [2.75, 3.05) is 6.61 Å². The highest BCUT2D eigenvalue weighted by Gasteiger charge is 2.12. The minimum atomic E-state index is -0.162. The Balaban J connectivity index is 1.76. The fraction of sp³-hybridized carbons (Fsp3) is 0.412. The molecule has 0 atom stereocenters. The van der Waals surface area contributed by atoms with Gasteiger partial charge in [-0.15, -0.1) is 0 Å². The van der Waals surface area contributed by atoms with E-state index in [4.69, 9.17) is 9.15 Å². The number of para-hydroxylation sites is 1. The Hall–Kier alpha value is -2.10. The lowest BCUT2D eigenvalue weighted by atomic mass is 10.0. The molecule has 21 heavy (non-hydrogen) atoms. The lowest BCUT2D eigenvalue weighted by Crippen LogP contribution is -2.03. The van der Waals surface area contributed by atoms with Gasteiger partial charge in [-0.25, -0.2) is 0 Å². The van der Waals surface area contributed by atoms with Gasteiger partial charge in [-0.2, -0.15) is 0 Å². The SMILES string of the molecule is CCOC(=O)CCCCCC(=O)c1coc2ccccc12. The number of carbonyl (C=O) groups excluding carboxylic acids is 2. The second-order valence-corrected chi connectivity index (χ2v) is 4.93. The van der Waals surface area contributed by atoms with Gasteiger partial charge in [0.15, 0.2) is 5.78 Å². The first-order valence-electron chi connectivity index (χ1n) is 7.37. The maximum absolute atomic E-state index is 12.2. The highest BCUT2D eigenvalue weighted by molar-refractivity contribution is 6.07. The zero-order valence-corrected chi connectivity index (χ0v) is 12.3. The smallest absolute Gasteiger partial charge is 0.305 e. The standard InChI is InChI=1S/C17H20O4/c1-2-20-17(19)11-5-3-4-9-15(18)14-12-21-16-10-7-6-8-13(14)16/h6-8,10,12H,2-5,9,11H2,1H3. The number of Topliss-reactive ketones (excluding diaryl/α,β-unsaturated/α-hetero) is 1. The second kappa shape index (κ2) is 7.62. The summed E-state index contributed by atoms with van der Waals surface area (Å²) >= 11 is 0. The topological polar surface area (TPSA) is 56.5 Å². The van der Waals surface area contributed by atoms with Gasteiger partial charge in [0.2, 0.25) is 0 Å². The number of hydrogen-bond acceptors (Lipinski definition) is 4. The van der Waals surface area contributed by atoms with E-state index in [9.17, 15) is 9.59 Å². The molecule has 0 aliphatic heterocycles. The zero-order chi connectivity index (χ0) is 15.1. The number of unbranched alkanes of at least 4 members (excludes halogenated alkanes) is 2. The average molecular weight is 288 g/mol. The van der Waals surface area contributed by atoms with E-state index in [1.165, 1.54) is 6.26 Å². The fourth-order valence-electron chi connectivity index (χ4n) is 2.29. The van der Waals surface area contributed by atoms with Crippen molar-refractivity contribution in [3.63, 3.8) is 0 Å². The Morgan fingerprint density at radius 1 is 1.10 bits per heavy atom. The van der Waals surface area contributed by atoms with Crippen LogP contribution in [0.1, 0.15) is 49.4 Å². The van der Waals surface area contributed by atoms with Crippen LogP contribution < -0.4 is 0 Å². The van der Waals surface area contributed by atoms with Crippen LogP contribution in [0.15, 0.2) is 34.9 Å². The Labute approximate surface area is 124 Å². The number of carbonyl (C=O) groups is 2. The number of benzene rings is 1. The van der Waals surface area contributed by atoms with Crippen molar-refractivity contribution < 1.29 is 18.7 Å². The van der Waals surface area contributed by atoms with Crippen molar-refractivity contribution in [1.29, 1.82) is 0 Å². The minimum absolute atomic E-state index is 0.0936. The molecule has 112 valence electrons. The van der Waals surface area contributed by atoms with E-state index in [0.717, 1.165) is 30.2 Å². The summed E-state index contributed by atoms with van der Waals surface area (Å²) in [7, 11) is 0. The molecule has 0 aliphatic carbocycles. The second-order valence-electron chi connectivity index (χ2n) is 4.93. The van der Waals surface area contributed by atoms with E-state index < -0.39 is 0 Å². The van der Waals surface area contributed by atoms with E-state index >= 15 is 0 Å². The molecule has 0 aliphatic rings. The van der Waals surface area contributed by atoms with Crippen molar-refractivity contribution in [1.82, 2.24) is 0 Å². The highest BCUT2D eigenvalue weighted by Crippen LogP contribution is 2.22. The lowest BCUT2D eigenvalue weighted by molar-refractivity contribution is -0.143. The van der Waals surface area contributed by atoms with Gasteiger partial charge in [0.1, 0.15) is 11.8 Å². The van der Waals surface area contributed by atoms with Gasteiger partial charge in [0, 0.05) is 18.2 Å². The molecule has 0 saturated carbocycles. The molecule has 1 aromatic heterocycles. The molecule has 0 spiro atoms. The first kappa shape index (κ1) is 15.3. The van der Waals surface area contributed by atoms with Crippen molar-refractivity contribution in [2.45, 2.75) is 39.0 Å². The number of rotatable bonds is 8. The molecule has 0 fully saturated rings. The summed E-state index contributed by atoms with van der Waals surface area (Å²) in [6, 6.07) is 7.53. The van der Waals surface area contributed by atoms with Gasteiger partial charge in [0.25, 0.3) is 0 Å². The monoisotopic (exact) mass is 288 g/mol. The summed E-state index contributed by atoms with van der Waals surface area (Å²) in [5.41, 5.74) is 1.39. The third-order valence-electron chi connectivity index (χ3n) is 3.37. The maximum atomic E-state index is 12.2. The molecule has 0 radical (unpaired) electrons. The van der Waals surface area contributed by atoms with Crippen molar-refractivity contribution in [3.05, 3.63) is 36.1 Å². The molecular formula is C17H20O4. The van der Waals surface area contributed by atoms with Crippen molar-refractivity contribution >= 4 is 22.7 Å². The van der Waals surface area contributed by atoms with Gasteiger partial charge in [0.05, 0.1) is 12.2 Å². The number of furan rings is 1. The summed E-state index contributed by atoms with van der Waals surface area (Å²) in [4.78, 5) is 23.3. The number of ether oxygens (including phenoxy) is 1. The molecule has 0 saturated heterocycles. The van der Waals surface area contributed by atoms with Crippen LogP contribution in [0.25, 0.3) is 11.0 Å². The van der Waals surface area contributed by atoms with Gasteiger partial charge in [-0.3, -0.25) is 9.59 Å². The molecule has 0 N–H and O–H groups in total. The van der Waals surface area contributed by atoms with Crippen molar-refractivity contribution in [2.24, 2.45) is 0 Å². The molecule has 1 aromatic carbocycles. The summed E-state index contributed by atoms with van der Waals surface area (Å²) in [5, 5.41) is 0.869. The quantitative estimate of drug-likeness (QED) is 0.416. The van der Waals surface area contributed by atoms with Crippen LogP contribution in [-0.2, 0) is 9.53 Å². The Bertz CT molecular complexity index is 612. The van der Waals surface area contributed by atoms with Crippen LogP contribution in [0.3, 0.4) is 0 Å². The predicted octanol–water partition coefficient (Wildman–Crippen LogP) is 4.13. The predicted molar refractivity (Wildman–Crippen MR) is 80.3 cm³/mol. The van der Waals surface area contributed by atoms with E-state index in [2.05, 4.69) is 0 Å². The van der Waals surface area contributed by atoms with Gasteiger partial charge < -0.3 is 9.15 Å². The van der Waals surface area contributed by atoms with Crippen LogP contribution in [0.4, 0.5) is 0 Å². The molecule has 0 bridgehead atoms. The lowest BCUT2D eigenvalue weighted by Gasteiger charge is -2.02. The van der Waals surface area contributed by atoms with Crippen LogP contribution in [0.5, 0.6) is 0 Å². The van der Waals surface area contributed by atoms with Crippen molar-refractivity contribution in [3.8, 4) is 0 Å².